The maximum atomic E-state index is 13.1. The molecule has 1 fully saturated rings. The zero-order valence-electron chi connectivity index (χ0n) is 16.7. The van der Waals surface area contributed by atoms with E-state index in [4.69, 9.17) is 5.73 Å². The summed E-state index contributed by atoms with van der Waals surface area (Å²) in [6.07, 6.45) is 2.28. The number of amides is 3. The molecule has 2 unspecified atom stereocenters. The summed E-state index contributed by atoms with van der Waals surface area (Å²) in [4.78, 5) is 35.6. The van der Waals surface area contributed by atoms with Crippen LogP contribution >= 0.6 is 0 Å². The van der Waals surface area contributed by atoms with Crippen LogP contribution in [0.25, 0.3) is 0 Å². The van der Waals surface area contributed by atoms with Gasteiger partial charge in [-0.2, -0.15) is 0 Å². The lowest BCUT2D eigenvalue weighted by Crippen LogP contribution is -2.42. The first kappa shape index (κ1) is 21.4. The van der Waals surface area contributed by atoms with Gasteiger partial charge in [0.1, 0.15) is 12.1 Å². The Morgan fingerprint density at radius 1 is 1.00 bits per heavy atom. The van der Waals surface area contributed by atoms with Crippen molar-refractivity contribution >= 4 is 17.9 Å². The van der Waals surface area contributed by atoms with Gasteiger partial charge in [-0.15, -0.1) is 0 Å². The topological polar surface area (TPSA) is 124 Å². The molecule has 0 aromatic heterocycles. The fourth-order valence-corrected chi connectivity index (χ4v) is 4.11. The van der Waals surface area contributed by atoms with Crippen LogP contribution in [0.2, 0.25) is 0 Å². The Morgan fingerprint density at radius 3 is 2.30 bits per heavy atom. The van der Waals surface area contributed by atoms with Gasteiger partial charge >= 0.3 is 0 Å². The summed E-state index contributed by atoms with van der Waals surface area (Å²) in [5.74, 6) is -0.982. The van der Waals surface area contributed by atoms with Crippen molar-refractivity contribution in [1.29, 1.82) is 0 Å². The first-order valence-electron chi connectivity index (χ1n) is 10.1. The molecule has 4 N–H and O–H groups in total. The fourth-order valence-electron chi connectivity index (χ4n) is 4.11. The van der Waals surface area contributed by atoms with Crippen LogP contribution in [0.1, 0.15) is 54.3 Å². The normalized spacial score (nSPS) is 19.5. The van der Waals surface area contributed by atoms with Crippen molar-refractivity contribution in [3.63, 3.8) is 0 Å². The highest BCUT2D eigenvalue weighted by Crippen LogP contribution is 2.38. The summed E-state index contributed by atoms with van der Waals surface area (Å²) in [6.45, 7) is 0.175. The van der Waals surface area contributed by atoms with Crippen LogP contribution in [0.5, 0.6) is 0 Å². The van der Waals surface area contributed by atoms with Gasteiger partial charge in [0, 0.05) is 12.5 Å². The largest absolute Gasteiger partial charge is 0.530 e. The van der Waals surface area contributed by atoms with Crippen molar-refractivity contribution in [2.24, 2.45) is 11.7 Å². The molecule has 1 saturated carbocycles. The molecule has 30 heavy (non-hydrogen) atoms. The molecule has 2 aromatic carbocycles. The van der Waals surface area contributed by atoms with Gasteiger partial charge < -0.3 is 26.3 Å². The molecule has 0 saturated heterocycles. The number of carboxylic acid groups (broad SMARTS) is 1. The molecule has 0 heterocycles. The predicted octanol–water partition coefficient (Wildman–Crippen LogP) is 1.74. The number of rotatable bonds is 7. The molecule has 0 spiro atoms. The van der Waals surface area contributed by atoms with Gasteiger partial charge in [-0.05, 0) is 35.4 Å². The van der Waals surface area contributed by atoms with Crippen molar-refractivity contribution in [1.82, 2.24) is 10.6 Å². The first-order chi connectivity index (χ1) is 14.5. The second-order valence-corrected chi connectivity index (χ2v) is 7.63. The first-order valence-corrected chi connectivity index (χ1v) is 10.1. The maximum absolute atomic E-state index is 13.1. The molecule has 3 amide bonds. The van der Waals surface area contributed by atoms with Gasteiger partial charge in [0.2, 0.25) is 11.8 Å². The summed E-state index contributed by atoms with van der Waals surface area (Å²) >= 11 is 0. The number of hydrogen-bond acceptors (Lipinski definition) is 4. The van der Waals surface area contributed by atoms with E-state index in [2.05, 4.69) is 10.6 Å². The van der Waals surface area contributed by atoms with Crippen LogP contribution in [-0.2, 0) is 16.1 Å². The van der Waals surface area contributed by atoms with Crippen LogP contribution in [0.3, 0.4) is 0 Å². The molecule has 0 bridgehead atoms. The number of nitrogens with one attached hydrogen (secondary N) is 2. The quantitative estimate of drug-likeness (QED) is 0.645. The summed E-state index contributed by atoms with van der Waals surface area (Å²) in [5.41, 5.74) is 8.06. The van der Waals surface area contributed by atoms with E-state index >= 15 is 0 Å². The number of hydrogen-bond donors (Lipinski definition) is 3. The lowest BCUT2D eigenvalue weighted by molar-refractivity contribution is -0.251. The van der Waals surface area contributed by atoms with Crippen molar-refractivity contribution in [2.45, 2.75) is 44.2 Å². The van der Waals surface area contributed by atoms with Crippen LogP contribution in [0.4, 0.5) is 4.79 Å². The van der Waals surface area contributed by atoms with Crippen LogP contribution in [0.15, 0.2) is 54.6 Å². The Morgan fingerprint density at radius 2 is 1.67 bits per heavy atom. The van der Waals surface area contributed by atoms with Crippen LogP contribution in [0, 0.1) is 5.92 Å². The Balaban J connectivity index is 1.73. The van der Waals surface area contributed by atoms with E-state index in [1.807, 2.05) is 30.3 Å². The van der Waals surface area contributed by atoms with E-state index in [9.17, 15) is 19.5 Å². The average molecular weight is 408 g/mol. The third-order valence-electron chi connectivity index (χ3n) is 5.65. The summed E-state index contributed by atoms with van der Waals surface area (Å²) in [6, 6.07) is 15.7. The van der Waals surface area contributed by atoms with E-state index in [1.165, 1.54) is 0 Å². The smallest absolute Gasteiger partial charge is 0.244 e. The van der Waals surface area contributed by atoms with E-state index in [1.54, 1.807) is 24.3 Å². The third-order valence-corrected chi connectivity index (χ3v) is 5.65. The standard InChI is InChI=1S/C23H27N3O4/c24-21(27)20(17-6-2-1-3-7-17)26-22(28)19-9-5-4-8-18(19)16-12-10-15(11-13-16)14-25-23(29)30/h1-3,6-7,10-13,18-20,25H,4-5,8-9,14H2,(H2,24,27)(H,26,28)(H,29,30)/p-1/t18?,19?,20-/m0/s1. The van der Waals surface area contributed by atoms with Crippen LogP contribution < -0.4 is 21.5 Å². The van der Waals surface area contributed by atoms with E-state index in [0.29, 0.717) is 5.56 Å². The van der Waals surface area contributed by atoms with Gasteiger partial charge in [-0.25, -0.2) is 0 Å². The molecule has 3 rings (SSSR count). The van der Waals surface area contributed by atoms with Crippen molar-refractivity contribution < 1.29 is 19.5 Å². The molecule has 0 radical (unpaired) electrons. The van der Waals surface area contributed by atoms with E-state index in [-0.39, 0.29) is 24.3 Å². The second-order valence-electron chi connectivity index (χ2n) is 7.63. The summed E-state index contributed by atoms with van der Waals surface area (Å²) < 4.78 is 0. The number of nitrogens with two attached hydrogens (primary N) is 1. The number of primary amides is 1. The fraction of sp³-hybridized carbons (Fsp3) is 0.348. The maximum Gasteiger partial charge on any atom is 0.244 e. The highest BCUT2D eigenvalue weighted by Gasteiger charge is 2.34. The SMILES string of the molecule is NC(=O)[C@@H](NC(=O)C1CCCCC1c1ccc(CNC(=O)[O-])cc1)c1ccccc1. The van der Waals surface area contributed by atoms with Crippen molar-refractivity contribution in [3.8, 4) is 0 Å². The number of benzene rings is 2. The van der Waals surface area contributed by atoms with Gasteiger partial charge in [0.15, 0.2) is 0 Å². The number of carbonyl (C=O) groups excluding carboxylic acids is 3. The summed E-state index contributed by atoms with van der Waals surface area (Å²) in [5, 5.41) is 15.6. The molecule has 3 atom stereocenters. The Labute approximate surface area is 175 Å². The molecule has 7 nitrogen and oxygen atoms in total. The minimum atomic E-state index is -1.31. The molecule has 1 aliphatic rings. The molecule has 0 aliphatic heterocycles. The highest BCUT2D eigenvalue weighted by atomic mass is 16.4. The Hall–Kier alpha value is -3.35. The Kier molecular flexibility index (Phi) is 7.06. The minimum Gasteiger partial charge on any atom is -0.530 e. The molecular weight excluding hydrogens is 382 g/mol. The Bertz CT molecular complexity index is 883. The lowest BCUT2D eigenvalue weighted by Gasteiger charge is -2.32. The zero-order chi connectivity index (χ0) is 21.5. The minimum absolute atomic E-state index is 0.0335. The molecule has 7 heteroatoms. The number of carbonyl (C=O) groups is 3. The zero-order valence-corrected chi connectivity index (χ0v) is 16.7. The average Bonchev–Trinajstić information content (AvgIpc) is 2.76. The molecular formula is C23H26N3O4-. The predicted molar refractivity (Wildman–Crippen MR) is 110 cm³/mol. The monoisotopic (exact) mass is 408 g/mol. The highest BCUT2D eigenvalue weighted by molar-refractivity contribution is 5.89. The van der Waals surface area contributed by atoms with Crippen molar-refractivity contribution in [3.05, 3.63) is 71.3 Å². The molecule has 2 aromatic rings. The van der Waals surface area contributed by atoms with E-state index < -0.39 is 18.0 Å². The third kappa shape index (κ3) is 5.37. The van der Waals surface area contributed by atoms with Gasteiger partial charge in [-0.1, -0.05) is 67.4 Å². The van der Waals surface area contributed by atoms with Crippen LogP contribution in [-0.4, -0.2) is 17.9 Å². The summed E-state index contributed by atoms with van der Waals surface area (Å²) in [7, 11) is 0. The lowest BCUT2D eigenvalue weighted by atomic mass is 9.74. The van der Waals surface area contributed by atoms with E-state index in [0.717, 1.165) is 36.8 Å². The van der Waals surface area contributed by atoms with Gasteiger partial charge in [0.25, 0.3) is 0 Å². The molecule has 1 aliphatic carbocycles. The van der Waals surface area contributed by atoms with Gasteiger partial charge in [0.05, 0.1) is 0 Å². The molecule has 158 valence electrons. The van der Waals surface area contributed by atoms with Crippen molar-refractivity contribution in [2.75, 3.05) is 0 Å². The van der Waals surface area contributed by atoms with Gasteiger partial charge in [-0.3, -0.25) is 9.59 Å². The second kappa shape index (κ2) is 9.91.